The SMILES string of the molecule is O=[N+]([O-])c1cnc(N2CCC(c3ccccc3)C2)c2ccccc12. The smallest absolute Gasteiger partial charge is 0.295 e. The number of fused-ring (bicyclic) bond motifs is 1. The second kappa shape index (κ2) is 5.92. The molecule has 0 bridgehead atoms. The molecule has 1 aromatic heterocycles. The number of rotatable bonds is 3. The van der Waals surface area contributed by atoms with Crippen molar-refractivity contribution >= 4 is 22.3 Å². The summed E-state index contributed by atoms with van der Waals surface area (Å²) in [7, 11) is 0. The number of nitro groups is 1. The molecule has 2 aromatic carbocycles. The molecule has 1 saturated heterocycles. The monoisotopic (exact) mass is 319 g/mol. The Balaban J connectivity index is 1.71. The van der Waals surface area contributed by atoms with E-state index in [0.717, 1.165) is 30.7 Å². The van der Waals surface area contributed by atoms with Crippen LogP contribution in [0.2, 0.25) is 0 Å². The number of anilines is 1. The molecule has 120 valence electrons. The maximum Gasteiger partial charge on any atom is 0.295 e. The van der Waals surface area contributed by atoms with E-state index >= 15 is 0 Å². The number of nitrogens with zero attached hydrogens (tertiary/aromatic N) is 3. The molecule has 0 saturated carbocycles. The molecule has 5 nitrogen and oxygen atoms in total. The summed E-state index contributed by atoms with van der Waals surface area (Å²) >= 11 is 0. The van der Waals surface area contributed by atoms with E-state index in [1.165, 1.54) is 11.8 Å². The Kier molecular flexibility index (Phi) is 3.61. The lowest BCUT2D eigenvalue weighted by atomic mass is 9.99. The summed E-state index contributed by atoms with van der Waals surface area (Å²) in [4.78, 5) is 17.5. The molecule has 1 aliphatic rings. The highest BCUT2D eigenvalue weighted by atomic mass is 16.6. The number of pyridine rings is 1. The second-order valence-electron chi connectivity index (χ2n) is 6.11. The average Bonchev–Trinajstić information content (AvgIpc) is 3.11. The molecule has 0 spiro atoms. The molecule has 1 atom stereocenters. The zero-order valence-electron chi connectivity index (χ0n) is 13.1. The first-order valence-electron chi connectivity index (χ1n) is 8.06. The average molecular weight is 319 g/mol. The minimum absolute atomic E-state index is 0.0631. The largest absolute Gasteiger partial charge is 0.355 e. The first-order valence-corrected chi connectivity index (χ1v) is 8.06. The minimum Gasteiger partial charge on any atom is -0.355 e. The normalized spacial score (nSPS) is 17.3. The molecule has 1 fully saturated rings. The molecule has 0 radical (unpaired) electrons. The van der Waals surface area contributed by atoms with Crippen molar-refractivity contribution in [2.24, 2.45) is 0 Å². The zero-order chi connectivity index (χ0) is 16.5. The maximum absolute atomic E-state index is 11.2. The molecule has 1 unspecified atom stereocenters. The maximum atomic E-state index is 11.2. The fourth-order valence-corrected chi connectivity index (χ4v) is 3.51. The van der Waals surface area contributed by atoms with Gasteiger partial charge in [-0.15, -0.1) is 0 Å². The van der Waals surface area contributed by atoms with Crippen molar-refractivity contribution in [2.75, 3.05) is 18.0 Å². The summed E-state index contributed by atoms with van der Waals surface area (Å²) in [5, 5.41) is 12.7. The Morgan fingerprint density at radius 1 is 1.04 bits per heavy atom. The Hall–Kier alpha value is -2.95. The van der Waals surface area contributed by atoms with Crippen LogP contribution in [0.1, 0.15) is 17.9 Å². The molecular weight excluding hydrogens is 302 g/mol. The molecule has 2 heterocycles. The predicted octanol–water partition coefficient (Wildman–Crippen LogP) is 4.14. The van der Waals surface area contributed by atoms with E-state index < -0.39 is 0 Å². The Morgan fingerprint density at radius 2 is 1.75 bits per heavy atom. The molecular formula is C19H17N3O2. The van der Waals surface area contributed by atoms with E-state index in [2.05, 4.69) is 34.1 Å². The van der Waals surface area contributed by atoms with Crippen LogP contribution in [-0.2, 0) is 0 Å². The molecule has 1 aliphatic heterocycles. The minimum atomic E-state index is -0.365. The Bertz CT molecular complexity index is 896. The fraction of sp³-hybridized carbons (Fsp3) is 0.211. The van der Waals surface area contributed by atoms with Gasteiger partial charge in [-0.1, -0.05) is 48.5 Å². The van der Waals surface area contributed by atoms with Crippen LogP contribution in [-0.4, -0.2) is 23.0 Å². The summed E-state index contributed by atoms with van der Waals surface area (Å²) in [5.74, 6) is 1.32. The first-order chi connectivity index (χ1) is 11.7. The molecule has 0 aliphatic carbocycles. The van der Waals surface area contributed by atoms with E-state index in [4.69, 9.17) is 0 Å². The van der Waals surface area contributed by atoms with Gasteiger partial charge in [-0.2, -0.15) is 0 Å². The molecule has 24 heavy (non-hydrogen) atoms. The van der Waals surface area contributed by atoms with Crippen LogP contribution in [0.25, 0.3) is 10.8 Å². The van der Waals surface area contributed by atoms with Crippen molar-refractivity contribution in [2.45, 2.75) is 12.3 Å². The second-order valence-corrected chi connectivity index (χ2v) is 6.11. The van der Waals surface area contributed by atoms with Gasteiger partial charge in [-0.25, -0.2) is 4.98 Å². The highest BCUT2D eigenvalue weighted by molar-refractivity contribution is 5.98. The van der Waals surface area contributed by atoms with Crippen LogP contribution in [0.4, 0.5) is 11.5 Å². The van der Waals surface area contributed by atoms with E-state index in [0.29, 0.717) is 11.3 Å². The Morgan fingerprint density at radius 3 is 2.50 bits per heavy atom. The van der Waals surface area contributed by atoms with Gasteiger partial charge in [0, 0.05) is 24.4 Å². The standard InChI is InChI=1S/C19H17N3O2/c23-22(24)18-12-20-19(17-9-5-4-8-16(17)18)21-11-10-15(13-21)14-6-2-1-3-7-14/h1-9,12,15H,10-11,13H2. The summed E-state index contributed by atoms with van der Waals surface area (Å²) in [6.45, 7) is 1.80. The lowest BCUT2D eigenvalue weighted by Crippen LogP contribution is -2.20. The van der Waals surface area contributed by atoms with E-state index in [9.17, 15) is 10.1 Å². The van der Waals surface area contributed by atoms with Gasteiger partial charge < -0.3 is 4.90 Å². The fourth-order valence-electron chi connectivity index (χ4n) is 3.51. The van der Waals surface area contributed by atoms with Crippen molar-refractivity contribution in [3.8, 4) is 0 Å². The molecule has 5 heteroatoms. The lowest BCUT2D eigenvalue weighted by molar-refractivity contribution is -0.383. The van der Waals surface area contributed by atoms with Crippen molar-refractivity contribution in [1.29, 1.82) is 0 Å². The summed E-state index contributed by atoms with van der Waals surface area (Å²) in [6, 6.07) is 17.9. The summed E-state index contributed by atoms with van der Waals surface area (Å²) in [5.41, 5.74) is 1.40. The number of hydrogen-bond acceptors (Lipinski definition) is 4. The highest BCUT2D eigenvalue weighted by Gasteiger charge is 2.27. The summed E-state index contributed by atoms with van der Waals surface area (Å²) < 4.78 is 0. The van der Waals surface area contributed by atoms with Gasteiger partial charge in [-0.05, 0) is 18.1 Å². The topological polar surface area (TPSA) is 59.3 Å². The van der Waals surface area contributed by atoms with E-state index in [1.807, 2.05) is 24.3 Å². The molecule has 4 rings (SSSR count). The van der Waals surface area contributed by atoms with Crippen LogP contribution < -0.4 is 4.90 Å². The third-order valence-electron chi connectivity index (χ3n) is 4.71. The van der Waals surface area contributed by atoms with Crippen molar-refractivity contribution < 1.29 is 4.92 Å². The number of hydrogen-bond donors (Lipinski definition) is 0. The predicted molar refractivity (Wildman–Crippen MR) is 94.4 cm³/mol. The van der Waals surface area contributed by atoms with Gasteiger partial charge in [0.1, 0.15) is 12.0 Å². The molecule has 3 aromatic rings. The third-order valence-corrected chi connectivity index (χ3v) is 4.71. The molecule has 0 N–H and O–H groups in total. The third kappa shape index (κ3) is 2.48. The van der Waals surface area contributed by atoms with Crippen LogP contribution in [0, 0.1) is 10.1 Å². The van der Waals surface area contributed by atoms with Crippen LogP contribution in [0.15, 0.2) is 60.8 Å². The Labute approximate surface area is 139 Å². The quantitative estimate of drug-likeness (QED) is 0.538. The zero-order valence-corrected chi connectivity index (χ0v) is 13.1. The number of aromatic nitrogens is 1. The van der Waals surface area contributed by atoms with Gasteiger partial charge in [0.15, 0.2) is 0 Å². The number of benzene rings is 2. The van der Waals surface area contributed by atoms with Gasteiger partial charge >= 0.3 is 0 Å². The summed E-state index contributed by atoms with van der Waals surface area (Å²) in [6.07, 6.45) is 2.45. The molecule has 0 amide bonds. The van der Waals surface area contributed by atoms with Gasteiger partial charge in [0.2, 0.25) is 0 Å². The first kappa shape index (κ1) is 14.6. The van der Waals surface area contributed by atoms with Crippen molar-refractivity contribution in [1.82, 2.24) is 4.98 Å². The lowest BCUT2D eigenvalue weighted by Gasteiger charge is -2.19. The highest BCUT2D eigenvalue weighted by Crippen LogP contribution is 2.35. The van der Waals surface area contributed by atoms with Crippen LogP contribution in [0.3, 0.4) is 0 Å². The van der Waals surface area contributed by atoms with Gasteiger partial charge in [0.05, 0.1) is 10.3 Å². The van der Waals surface area contributed by atoms with E-state index in [-0.39, 0.29) is 10.6 Å². The van der Waals surface area contributed by atoms with E-state index in [1.54, 1.807) is 6.07 Å². The van der Waals surface area contributed by atoms with Crippen molar-refractivity contribution in [3.05, 3.63) is 76.5 Å². The van der Waals surface area contributed by atoms with Gasteiger partial charge in [-0.3, -0.25) is 10.1 Å². The van der Waals surface area contributed by atoms with Crippen LogP contribution in [0.5, 0.6) is 0 Å². The van der Waals surface area contributed by atoms with Crippen LogP contribution >= 0.6 is 0 Å². The van der Waals surface area contributed by atoms with Gasteiger partial charge in [0.25, 0.3) is 5.69 Å². The van der Waals surface area contributed by atoms with Crippen molar-refractivity contribution in [3.63, 3.8) is 0 Å².